The molecule has 176 valence electrons. The van der Waals surface area contributed by atoms with E-state index in [0.717, 1.165) is 0 Å². The van der Waals surface area contributed by atoms with Crippen LogP contribution in [0.25, 0.3) is 0 Å². The van der Waals surface area contributed by atoms with Crippen LogP contribution in [-0.2, 0) is 25.5 Å². The number of rotatable bonds is 8. The van der Waals surface area contributed by atoms with Gasteiger partial charge in [0, 0.05) is 12.6 Å². The van der Waals surface area contributed by atoms with E-state index in [1.807, 2.05) is 5.32 Å². The second-order valence-electron chi connectivity index (χ2n) is 8.25. The van der Waals surface area contributed by atoms with Crippen molar-refractivity contribution in [2.24, 2.45) is 0 Å². The van der Waals surface area contributed by atoms with Gasteiger partial charge >= 0.3 is 24.1 Å². The maximum Gasteiger partial charge on any atom is 0.410 e. The summed E-state index contributed by atoms with van der Waals surface area (Å²) in [5.41, 5.74) is -3.12. The number of hydrogen-bond acceptors (Lipinski definition) is 8. The summed E-state index contributed by atoms with van der Waals surface area (Å²) >= 11 is 0. The number of aliphatic carboxylic acids is 2. The SMILES string of the molecule is C=CCOC(=O)NC(Cc1cc(C2CCCN2C(=O)OC(C)(C)C)no1)(C(=O)O)C(=O)O. The van der Waals surface area contributed by atoms with Gasteiger partial charge in [0.25, 0.3) is 0 Å². The maximum atomic E-state index is 12.5. The summed E-state index contributed by atoms with van der Waals surface area (Å²) < 4.78 is 15.2. The molecule has 1 aromatic rings. The molecule has 1 fully saturated rings. The lowest BCUT2D eigenvalue weighted by Crippen LogP contribution is -2.61. The van der Waals surface area contributed by atoms with Crippen molar-refractivity contribution in [3.05, 3.63) is 30.2 Å². The van der Waals surface area contributed by atoms with Gasteiger partial charge in [0.15, 0.2) is 0 Å². The standard InChI is InChI=1S/C20H27N3O9/c1-5-9-30-17(28)21-20(15(24)25,16(26)27)11-12-10-13(22-32-12)14-7-6-8-23(14)18(29)31-19(2,3)4/h5,10,14H,1,6-9,11H2,2-4H3,(H,21,28)(H,24,25)(H,26,27). The molecule has 1 unspecified atom stereocenters. The van der Waals surface area contributed by atoms with Crippen molar-refractivity contribution in [1.82, 2.24) is 15.4 Å². The molecular formula is C20H27N3O9. The number of carboxylic acids is 2. The van der Waals surface area contributed by atoms with E-state index in [2.05, 4.69) is 16.5 Å². The maximum absolute atomic E-state index is 12.5. The van der Waals surface area contributed by atoms with Crippen LogP contribution < -0.4 is 5.32 Å². The topological polar surface area (TPSA) is 168 Å². The van der Waals surface area contributed by atoms with E-state index in [0.29, 0.717) is 25.1 Å². The van der Waals surface area contributed by atoms with Crippen molar-refractivity contribution in [2.45, 2.75) is 57.2 Å². The van der Waals surface area contributed by atoms with Gasteiger partial charge in [-0.25, -0.2) is 19.2 Å². The van der Waals surface area contributed by atoms with E-state index < -0.39 is 47.7 Å². The highest BCUT2D eigenvalue weighted by molar-refractivity contribution is 6.06. The minimum Gasteiger partial charge on any atom is -0.479 e. The molecule has 1 aliphatic rings. The number of ether oxygens (including phenoxy) is 2. The third-order valence-corrected chi connectivity index (χ3v) is 4.62. The molecule has 0 aromatic carbocycles. The first kappa shape index (κ1) is 24.7. The highest BCUT2D eigenvalue weighted by atomic mass is 16.6. The van der Waals surface area contributed by atoms with Crippen molar-refractivity contribution in [3.63, 3.8) is 0 Å². The Labute approximate surface area is 184 Å². The van der Waals surface area contributed by atoms with Crippen molar-refractivity contribution >= 4 is 24.1 Å². The average Bonchev–Trinajstić information content (AvgIpc) is 3.33. The van der Waals surface area contributed by atoms with Gasteiger partial charge in [-0.15, -0.1) is 0 Å². The molecule has 2 amide bonds. The third-order valence-electron chi connectivity index (χ3n) is 4.62. The van der Waals surface area contributed by atoms with Crippen LogP contribution in [-0.4, -0.2) is 68.7 Å². The zero-order valence-corrected chi connectivity index (χ0v) is 18.1. The first-order valence-electron chi connectivity index (χ1n) is 9.87. The Hall–Kier alpha value is -3.57. The molecule has 12 nitrogen and oxygen atoms in total. The van der Waals surface area contributed by atoms with Gasteiger partial charge in [-0.05, 0) is 33.6 Å². The Morgan fingerprint density at radius 3 is 2.53 bits per heavy atom. The number of likely N-dealkylation sites (tertiary alicyclic amines) is 1. The Kier molecular flexibility index (Phi) is 7.49. The van der Waals surface area contributed by atoms with E-state index >= 15 is 0 Å². The Bertz CT molecular complexity index is 873. The zero-order chi connectivity index (χ0) is 24.1. The molecule has 32 heavy (non-hydrogen) atoms. The van der Waals surface area contributed by atoms with Crippen molar-refractivity contribution in [1.29, 1.82) is 0 Å². The van der Waals surface area contributed by atoms with Crippen molar-refractivity contribution in [3.8, 4) is 0 Å². The zero-order valence-electron chi connectivity index (χ0n) is 18.1. The number of carbonyl (C=O) groups is 4. The number of carboxylic acid groups (broad SMARTS) is 2. The molecule has 0 radical (unpaired) electrons. The lowest BCUT2D eigenvalue weighted by atomic mass is 9.93. The van der Waals surface area contributed by atoms with Crippen molar-refractivity contribution < 1.29 is 43.4 Å². The van der Waals surface area contributed by atoms with Crippen LogP contribution in [0.1, 0.15) is 51.1 Å². The Morgan fingerprint density at radius 2 is 1.97 bits per heavy atom. The lowest BCUT2D eigenvalue weighted by molar-refractivity contribution is -0.159. The summed E-state index contributed by atoms with van der Waals surface area (Å²) in [7, 11) is 0. The molecule has 2 rings (SSSR count). The molecule has 1 aromatic heterocycles. The van der Waals surface area contributed by atoms with E-state index in [-0.39, 0.29) is 12.4 Å². The van der Waals surface area contributed by atoms with Gasteiger partial charge < -0.3 is 24.2 Å². The predicted molar refractivity (Wildman–Crippen MR) is 108 cm³/mol. The molecule has 0 aliphatic carbocycles. The summed E-state index contributed by atoms with van der Waals surface area (Å²) in [4.78, 5) is 49.4. The number of alkyl carbamates (subject to hydrolysis) is 1. The summed E-state index contributed by atoms with van der Waals surface area (Å²) in [6.07, 6.45) is -0.0172. The Balaban J connectivity index is 2.24. The number of nitrogens with zero attached hydrogens (tertiary/aromatic N) is 2. The number of hydrogen-bond donors (Lipinski definition) is 3. The van der Waals surface area contributed by atoms with E-state index in [1.54, 1.807) is 20.8 Å². The summed E-state index contributed by atoms with van der Waals surface area (Å²) in [6.45, 7) is 8.78. The molecule has 1 aliphatic heterocycles. The molecule has 1 saturated heterocycles. The minimum atomic E-state index is -2.75. The van der Waals surface area contributed by atoms with Crippen LogP contribution in [0.4, 0.5) is 9.59 Å². The van der Waals surface area contributed by atoms with Crippen LogP contribution in [0.5, 0.6) is 0 Å². The largest absolute Gasteiger partial charge is 0.479 e. The minimum absolute atomic E-state index is 0.107. The molecule has 3 N–H and O–H groups in total. The quantitative estimate of drug-likeness (QED) is 0.391. The highest BCUT2D eigenvalue weighted by Crippen LogP contribution is 2.33. The number of carbonyl (C=O) groups excluding carboxylic acids is 2. The fourth-order valence-corrected chi connectivity index (χ4v) is 3.18. The monoisotopic (exact) mass is 453 g/mol. The summed E-state index contributed by atoms with van der Waals surface area (Å²) in [5, 5.41) is 24.9. The van der Waals surface area contributed by atoms with Gasteiger partial charge in [-0.1, -0.05) is 17.8 Å². The first-order valence-corrected chi connectivity index (χ1v) is 9.87. The van der Waals surface area contributed by atoms with Gasteiger partial charge in [-0.2, -0.15) is 0 Å². The highest BCUT2D eigenvalue weighted by Gasteiger charge is 2.50. The third kappa shape index (κ3) is 5.77. The molecule has 2 heterocycles. The Morgan fingerprint density at radius 1 is 1.31 bits per heavy atom. The summed E-state index contributed by atoms with van der Waals surface area (Å²) in [6, 6.07) is 0.891. The van der Waals surface area contributed by atoms with Gasteiger partial charge in [-0.3, -0.25) is 10.2 Å². The second-order valence-corrected chi connectivity index (χ2v) is 8.25. The van der Waals surface area contributed by atoms with Crippen molar-refractivity contribution in [2.75, 3.05) is 13.2 Å². The lowest BCUT2D eigenvalue weighted by Gasteiger charge is -2.27. The van der Waals surface area contributed by atoms with Crippen LogP contribution in [0.3, 0.4) is 0 Å². The molecule has 12 heteroatoms. The fourth-order valence-electron chi connectivity index (χ4n) is 3.18. The number of nitrogens with one attached hydrogen (secondary N) is 1. The number of aromatic nitrogens is 1. The predicted octanol–water partition coefficient (Wildman–Crippen LogP) is 2.11. The van der Waals surface area contributed by atoms with Crippen LogP contribution in [0.2, 0.25) is 0 Å². The average molecular weight is 453 g/mol. The van der Waals surface area contributed by atoms with E-state index in [9.17, 15) is 29.4 Å². The fraction of sp³-hybridized carbons (Fsp3) is 0.550. The van der Waals surface area contributed by atoms with E-state index in [4.69, 9.17) is 9.26 Å². The molecular weight excluding hydrogens is 426 g/mol. The molecule has 0 spiro atoms. The van der Waals surface area contributed by atoms with Gasteiger partial charge in [0.1, 0.15) is 23.7 Å². The molecule has 0 saturated carbocycles. The first-order chi connectivity index (χ1) is 14.9. The normalized spacial score (nSPS) is 16.3. The van der Waals surface area contributed by atoms with Crippen LogP contribution in [0, 0.1) is 0 Å². The number of amides is 2. The van der Waals surface area contributed by atoms with Crippen LogP contribution >= 0.6 is 0 Å². The van der Waals surface area contributed by atoms with Gasteiger partial charge in [0.05, 0.1) is 12.5 Å². The van der Waals surface area contributed by atoms with E-state index in [1.165, 1.54) is 17.0 Å². The molecule has 1 atom stereocenters. The second kappa shape index (κ2) is 9.71. The van der Waals surface area contributed by atoms with Gasteiger partial charge in [0.2, 0.25) is 5.54 Å². The summed E-state index contributed by atoms with van der Waals surface area (Å²) in [5.74, 6) is -3.76. The van der Waals surface area contributed by atoms with Crippen LogP contribution in [0.15, 0.2) is 23.2 Å². The molecule has 0 bridgehead atoms. The smallest absolute Gasteiger partial charge is 0.410 e.